The standard InChI is InChI=1S/C19H24N2O2S/c1-13-2-7-17(24-13)12-18(14-8-10-20-11-9-14)21-19(23)15-3-5-16(22)6-4-15/h2-7,14,18,20,22H,8-12H2,1H3,(H,21,23). The molecule has 128 valence electrons. The molecule has 1 amide bonds. The van der Waals surface area contributed by atoms with E-state index < -0.39 is 0 Å². The minimum atomic E-state index is -0.0631. The molecular weight excluding hydrogens is 320 g/mol. The van der Waals surface area contributed by atoms with Gasteiger partial charge in [0.2, 0.25) is 0 Å². The third kappa shape index (κ3) is 4.36. The van der Waals surface area contributed by atoms with Gasteiger partial charge >= 0.3 is 0 Å². The maximum atomic E-state index is 12.6. The van der Waals surface area contributed by atoms with E-state index in [1.54, 1.807) is 35.6 Å². The Morgan fingerprint density at radius 2 is 1.96 bits per heavy atom. The van der Waals surface area contributed by atoms with Crippen molar-refractivity contribution in [2.45, 2.75) is 32.2 Å². The molecule has 0 aliphatic carbocycles. The molecule has 0 bridgehead atoms. The van der Waals surface area contributed by atoms with Crippen LogP contribution in [-0.4, -0.2) is 30.1 Å². The first kappa shape index (κ1) is 17.0. The lowest BCUT2D eigenvalue weighted by Crippen LogP contribution is -2.45. The molecule has 3 rings (SSSR count). The second kappa shape index (κ2) is 7.81. The van der Waals surface area contributed by atoms with Crippen LogP contribution >= 0.6 is 11.3 Å². The molecule has 0 spiro atoms. The smallest absolute Gasteiger partial charge is 0.251 e. The number of phenolic OH excluding ortho intramolecular Hbond substituents is 1. The first-order chi connectivity index (χ1) is 11.6. The van der Waals surface area contributed by atoms with Crippen LogP contribution in [0.4, 0.5) is 0 Å². The Hall–Kier alpha value is -1.85. The largest absolute Gasteiger partial charge is 0.508 e. The number of carbonyl (C=O) groups excluding carboxylic acids is 1. The molecule has 1 saturated heterocycles. The normalized spacial score (nSPS) is 16.7. The van der Waals surface area contributed by atoms with Gasteiger partial charge in [0.25, 0.3) is 5.91 Å². The van der Waals surface area contributed by atoms with Crippen molar-refractivity contribution in [1.82, 2.24) is 10.6 Å². The molecule has 3 N–H and O–H groups in total. The lowest BCUT2D eigenvalue weighted by molar-refractivity contribution is 0.0915. The number of carbonyl (C=O) groups is 1. The monoisotopic (exact) mass is 344 g/mol. The molecule has 2 aromatic rings. The minimum absolute atomic E-state index is 0.0631. The maximum Gasteiger partial charge on any atom is 0.251 e. The van der Waals surface area contributed by atoms with Gasteiger partial charge in [-0.15, -0.1) is 11.3 Å². The number of nitrogens with one attached hydrogen (secondary N) is 2. The highest BCUT2D eigenvalue weighted by Gasteiger charge is 2.26. The molecule has 4 nitrogen and oxygen atoms in total. The molecule has 0 radical (unpaired) electrons. The highest BCUT2D eigenvalue weighted by Crippen LogP contribution is 2.24. The molecule has 1 aliphatic heterocycles. The van der Waals surface area contributed by atoms with E-state index in [-0.39, 0.29) is 17.7 Å². The zero-order valence-corrected chi connectivity index (χ0v) is 14.7. The van der Waals surface area contributed by atoms with Crippen molar-refractivity contribution < 1.29 is 9.90 Å². The molecule has 1 fully saturated rings. The number of aryl methyl sites for hydroxylation is 1. The summed E-state index contributed by atoms with van der Waals surface area (Å²) in [6.45, 7) is 4.14. The second-order valence-corrected chi connectivity index (χ2v) is 7.80. The van der Waals surface area contributed by atoms with Gasteiger partial charge in [0.15, 0.2) is 0 Å². The van der Waals surface area contributed by atoms with E-state index >= 15 is 0 Å². The zero-order valence-electron chi connectivity index (χ0n) is 13.9. The minimum Gasteiger partial charge on any atom is -0.508 e. The van der Waals surface area contributed by atoms with Crippen LogP contribution in [0, 0.1) is 12.8 Å². The number of piperidine rings is 1. The fourth-order valence-corrected chi connectivity index (χ4v) is 4.21. The van der Waals surface area contributed by atoms with Crippen molar-refractivity contribution >= 4 is 17.2 Å². The molecule has 1 aliphatic rings. The van der Waals surface area contributed by atoms with E-state index in [1.807, 2.05) is 0 Å². The molecular formula is C19H24N2O2S. The number of rotatable bonds is 5. The Labute approximate surface area is 146 Å². The van der Waals surface area contributed by atoms with Gasteiger partial charge in [-0.25, -0.2) is 0 Å². The number of benzene rings is 1. The van der Waals surface area contributed by atoms with Crippen LogP contribution in [0.15, 0.2) is 36.4 Å². The first-order valence-electron chi connectivity index (χ1n) is 8.48. The molecule has 5 heteroatoms. The van der Waals surface area contributed by atoms with Gasteiger partial charge in [-0.05, 0) is 75.2 Å². The lowest BCUT2D eigenvalue weighted by Gasteiger charge is -2.31. The highest BCUT2D eigenvalue weighted by atomic mass is 32.1. The van der Waals surface area contributed by atoms with Crippen molar-refractivity contribution in [1.29, 1.82) is 0 Å². The second-order valence-electron chi connectivity index (χ2n) is 6.43. The number of hydrogen-bond acceptors (Lipinski definition) is 4. The molecule has 1 aromatic carbocycles. The van der Waals surface area contributed by atoms with Gasteiger partial charge in [-0.2, -0.15) is 0 Å². The Kier molecular flexibility index (Phi) is 5.53. The molecule has 2 heterocycles. The molecule has 1 atom stereocenters. The van der Waals surface area contributed by atoms with Gasteiger partial charge in [0, 0.05) is 27.8 Å². The van der Waals surface area contributed by atoms with Gasteiger partial charge in [0.1, 0.15) is 5.75 Å². The summed E-state index contributed by atoms with van der Waals surface area (Å²) in [5, 5.41) is 16.0. The van der Waals surface area contributed by atoms with E-state index in [2.05, 4.69) is 29.7 Å². The molecule has 0 saturated carbocycles. The summed E-state index contributed by atoms with van der Waals surface area (Å²) in [7, 11) is 0. The van der Waals surface area contributed by atoms with Gasteiger partial charge < -0.3 is 15.7 Å². The topological polar surface area (TPSA) is 61.4 Å². The van der Waals surface area contributed by atoms with Crippen LogP contribution in [0.1, 0.15) is 33.0 Å². The predicted molar refractivity (Wildman–Crippen MR) is 97.7 cm³/mol. The number of hydrogen-bond donors (Lipinski definition) is 3. The third-order valence-corrected chi connectivity index (χ3v) is 5.64. The summed E-state index contributed by atoms with van der Waals surface area (Å²) >= 11 is 1.80. The van der Waals surface area contributed by atoms with Crippen LogP contribution in [-0.2, 0) is 6.42 Å². The Bertz CT molecular complexity index is 675. The van der Waals surface area contributed by atoms with Crippen molar-refractivity contribution in [2.24, 2.45) is 5.92 Å². The summed E-state index contributed by atoms with van der Waals surface area (Å²) < 4.78 is 0. The summed E-state index contributed by atoms with van der Waals surface area (Å²) in [6.07, 6.45) is 3.06. The van der Waals surface area contributed by atoms with Crippen LogP contribution in [0.25, 0.3) is 0 Å². The van der Waals surface area contributed by atoms with Gasteiger partial charge in [-0.1, -0.05) is 0 Å². The summed E-state index contributed by atoms with van der Waals surface area (Å²) in [5.41, 5.74) is 0.592. The maximum absolute atomic E-state index is 12.6. The average Bonchev–Trinajstić information content (AvgIpc) is 3.00. The molecule has 24 heavy (non-hydrogen) atoms. The van der Waals surface area contributed by atoms with E-state index in [9.17, 15) is 9.90 Å². The Morgan fingerprint density at radius 3 is 2.58 bits per heavy atom. The molecule has 1 aromatic heterocycles. The number of amides is 1. The van der Waals surface area contributed by atoms with Crippen molar-refractivity contribution in [3.8, 4) is 5.75 Å². The van der Waals surface area contributed by atoms with Crippen LogP contribution in [0.3, 0.4) is 0 Å². The third-order valence-electron chi connectivity index (χ3n) is 4.62. The Balaban J connectivity index is 1.73. The average molecular weight is 344 g/mol. The lowest BCUT2D eigenvalue weighted by atomic mass is 9.87. The van der Waals surface area contributed by atoms with Crippen LogP contribution < -0.4 is 10.6 Å². The van der Waals surface area contributed by atoms with E-state index in [0.29, 0.717) is 11.5 Å². The predicted octanol–water partition coefficient (Wildman–Crippen LogP) is 3.10. The van der Waals surface area contributed by atoms with Crippen LogP contribution in [0.2, 0.25) is 0 Å². The van der Waals surface area contributed by atoms with Crippen LogP contribution in [0.5, 0.6) is 5.75 Å². The van der Waals surface area contributed by atoms with E-state index in [1.165, 1.54) is 9.75 Å². The number of thiophene rings is 1. The number of phenols is 1. The van der Waals surface area contributed by atoms with Gasteiger partial charge in [0.05, 0.1) is 0 Å². The van der Waals surface area contributed by atoms with E-state index in [4.69, 9.17) is 0 Å². The quantitative estimate of drug-likeness (QED) is 0.781. The number of aromatic hydroxyl groups is 1. The summed E-state index contributed by atoms with van der Waals surface area (Å²) in [6, 6.07) is 10.9. The Morgan fingerprint density at radius 1 is 1.25 bits per heavy atom. The van der Waals surface area contributed by atoms with Gasteiger partial charge in [-0.3, -0.25) is 4.79 Å². The molecule has 1 unspecified atom stereocenters. The fraction of sp³-hybridized carbons (Fsp3) is 0.421. The van der Waals surface area contributed by atoms with Crippen molar-refractivity contribution in [3.63, 3.8) is 0 Å². The summed E-state index contributed by atoms with van der Waals surface area (Å²) in [5.74, 6) is 0.608. The van der Waals surface area contributed by atoms with Crippen molar-refractivity contribution in [2.75, 3.05) is 13.1 Å². The highest BCUT2D eigenvalue weighted by molar-refractivity contribution is 7.11. The van der Waals surface area contributed by atoms with Crippen molar-refractivity contribution in [3.05, 3.63) is 51.7 Å². The summed E-state index contributed by atoms with van der Waals surface area (Å²) in [4.78, 5) is 15.2. The fourth-order valence-electron chi connectivity index (χ4n) is 3.26. The van der Waals surface area contributed by atoms with E-state index in [0.717, 1.165) is 32.4 Å². The zero-order chi connectivity index (χ0) is 16.9. The SMILES string of the molecule is Cc1ccc(CC(NC(=O)c2ccc(O)cc2)C2CCNCC2)s1. The first-order valence-corrected chi connectivity index (χ1v) is 9.29.